The van der Waals surface area contributed by atoms with E-state index in [0.29, 0.717) is 0 Å². The van der Waals surface area contributed by atoms with Crippen LogP contribution >= 0.6 is 0 Å². The van der Waals surface area contributed by atoms with Gasteiger partial charge in [-0.25, -0.2) is 0 Å². The van der Waals surface area contributed by atoms with E-state index >= 15 is 0 Å². The Morgan fingerprint density at radius 2 is 1.83 bits per heavy atom. The SMILES string of the molecule is C=[N+](O)C(C)C. The van der Waals surface area contributed by atoms with Crippen molar-refractivity contribution in [1.29, 1.82) is 0 Å². The number of rotatable bonds is 1. The van der Waals surface area contributed by atoms with Crippen molar-refractivity contribution in [2.45, 2.75) is 19.9 Å². The lowest BCUT2D eigenvalue weighted by molar-refractivity contribution is -0.789. The van der Waals surface area contributed by atoms with E-state index in [1.54, 1.807) is 0 Å². The highest BCUT2D eigenvalue weighted by molar-refractivity contribution is 5.13. The molecule has 0 fully saturated rings. The first-order valence-corrected chi connectivity index (χ1v) is 1.93. The minimum atomic E-state index is 0.130. The van der Waals surface area contributed by atoms with E-state index in [1.807, 2.05) is 13.8 Å². The molecule has 1 N–H and O–H groups in total. The van der Waals surface area contributed by atoms with Crippen molar-refractivity contribution in [3.63, 3.8) is 0 Å². The number of nitrogens with zero attached hydrogens (tertiary/aromatic N) is 1. The molecule has 0 radical (unpaired) electrons. The van der Waals surface area contributed by atoms with E-state index in [1.165, 1.54) is 0 Å². The van der Waals surface area contributed by atoms with Crippen LogP contribution in [-0.2, 0) is 0 Å². The molecule has 0 spiro atoms. The van der Waals surface area contributed by atoms with Gasteiger partial charge in [-0.15, -0.1) is 0 Å². The molecule has 0 saturated heterocycles. The quantitative estimate of drug-likeness (QED) is 0.214. The summed E-state index contributed by atoms with van der Waals surface area (Å²) < 4.78 is 0.917. The van der Waals surface area contributed by atoms with Crippen molar-refractivity contribution in [3.05, 3.63) is 0 Å². The first-order chi connectivity index (χ1) is 2.64. The predicted molar refractivity (Wildman–Crippen MR) is 24.3 cm³/mol. The van der Waals surface area contributed by atoms with Crippen LogP contribution in [0.1, 0.15) is 13.8 Å². The second-order valence-electron chi connectivity index (χ2n) is 1.53. The molecule has 6 heavy (non-hydrogen) atoms. The zero-order valence-electron chi connectivity index (χ0n) is 4.18. The Labute approximate surface area is 37.7 Å². The minimum absolute atomic E-state index is 0.130. The third kappa shape index (κ3) is 1.76. The van der Waals surface area contributed by atoms with Gasteiger partial charge in [0.25, 0.3) is 0 Å². The van der Waals surface area contributed by atoms with Gasteiger partial charge < -0.3 is 0 Å². The summed E-state index contributed by atoms with van der Waals surface area (Å²) in [5.74, 6) is 0. The number of hydrogen-bond donors (Lipinski definition) is 1. The Kier molecular flexibility index (Phi) is 1.64. The molecule has 0 heterocycles. The summed E-state index contributed by atoms with van der Waals surface area (Å²) in [6.07, 6.45) is 0. The molecule has 0 aliphatic rings. The summed E-state index contributed by atoms with van der Waals surface area (Å²) in [4.78, 5) is 0. The Balaban J connectivity index is 3.26. The summed E-state index contributed by atoms with van der Waals surface area (Å²) in [5, 5.41) is 8.35. The summed E-state index contributed by atoms with van der Waals surface area (Å²) in [7, 11) is 0. The molecule has 0 amide bonds. The Bertz CT molecular complexity index is 58.6. The van der Waals surface area contributed by atoms with E-state index in [4.69, 9.17) is 5.21 Å². The molecule has 0 rings (SSSR count). The highest BCUT2D eigenvalue weighted by Crippen LogP contribution is 1.76. The van der Waals surface area contributed by atoms with E-state index in [2.05, 4.69) is 6.72 Å². The monoisotopic (exact) mass is 88.1 g/mol. The fraction of sp³-hybridized carbons (Fsp3) is 0.750. The number of hydrogen-bond acceptors (Lipinski definition) is 1. The molecule has 2 heteroatoms. The van der Waals surface area contributed by atoms with E-state index in [0.717, 1.165) is 4.74 Å². The fourth-order valence-corrected chi connectivity index (χ4v) is 0. The van der Waals surface area contributed by atoms with Gasteiger partial charge in [0, 0.05) is 13.8 Å². The van der Waals surface area contributed by atoms with Crippen LogP contribution in [-0.4, -0.2) is 22.7 Å². The van der Waals surface area contributed by atoms with Crippen LogP contribution in [0.2, 0.25) is 0 Å². The second kappa shape index (κ2) is 1.80. The summed E-state index contributed by atoms with van der Waals surface area (Å²) in [5.41, 5.74) is 0. The van der Waals surface area contributed by atoms with Crippen LogP contribution in [0.5, 0.6) is 0 Å². The normalized spacial score (nSPS) is 9.17. The lowest BCUT2D eigenvalue weighted by atomic mass is 10.4. The standard InChI is InChI=1S/C4H10NO/c1-4(2)5(3)6/h4,6H,3H2,1-2H3/q+1. The highest BCUT2D eigenvalue weighted by Gasteiger charge is 1.98. The maximum atomic E-state index is 8.35. The third-order valence-electron chi connectivity index (χ3n) is 0.596. The smallest absolute Gasteiger partial charge is 0.196 e. The van der Waals surface area contributed by atoms with Gasteiger partial charge in [0.15, 0.2) is 12.8 Å². The average Bonchev–Trinajstić information content (AvgIpc) is 1.36. The summed E-state index contributed by atoms with van der Waals surface area (Å²) in [6, 6.07) is 0.130. The van der Waals surface area contributed by atoms with Crippen molar-refractivity contribution >= 4 is 6.72 Å². The molecule has 2 nitrogen and oxygen atoms in total. The molecule has 0 atom stereocenters. The molecular formula is C4H10NO+. The predicted octanol–water partition coefficient (Wildman–Crippen LogP) is 0.497. The van der Waals surface area contributed by atoms with Crippen LogP contribution < -0.4 is 0 Å². The first-order valence-electron chi connectivity index (χ1n) is 1.93. The lowest BCUT2D eigenvalue weighted by Crippen LogP contribution is -2.12. The molecule has 0 aliphatic carbocycles. The molecule has 0 aromatic rings. The Hall–Kier alpha value is -0.530. The largest absolute Gasteiger partial charge is 0.291 e. The zero-order chi connectivity index (χ0) is 5.15. The van der Waals surface area contributed by atoms with Gasteiger partial charge in [0.05, 0.1) is 0 Å². The zero-order valence-corrected chi connectivity index (χ0v) is 4.18. The average molecular weight is 88.1 g/mol. The molecule has 0 aromatic heterocycles. The summed E-state index contributed by atoms with van der Waals surface area (Å²) >= 11 is 0. The third-order valence-corrected chi connectivity index (χ3v) is 0.596. The molecule has 0 unspecified atom stereocenters. The maximum absolute atomic E-state index is 8.35. The molecule has 36 valence electrons. The maximum Gasteiger partial charge on any atom is 0.196 e. The Morgan fingerprint density at radius 1 is 1.67 bits per heavy atom. The van der Waals surface area contributed by atoms with E-state index in [-0.39, 0.29) is 6.04 Å². The van der Waals surface area contributed by atoms with Crippen molar-refractivity contribution < 1.29 is 9.95 Å². The van der Waals surface area contributed by atoms with Crippen molar-refractivity contribution in [2.75, 3.05) is 0 Å². The van der Waals surface area contributed by atoms with E-state index < -0.39 is 0 Å². The minimum Gasteiger partial charge on any atom is -0.291 e. The molecule has 0 aromatic carbocycles. The molecule has 0 bridgehead atoms. The van der Waals surface area contributed by atoms with Gasteiger partial charge >= 0.3 is 0 Å². The van der Waals surface area contributed by atoms with Gasteiger partial charge in [-0.05, 0) is 4.74 Å². The lowest BCUT2D eigenvalue weighted by Gasteiger charge is -1.88. The van der Waals surface area contributed by atoms with Crippen molar-refractivity contribution in [3.8, 4) is 0 Å². The fourth-order valence-electron chi connectivity index (χ4n) is 0. The molecule has 0 saturated carbocycles. The van der Waals surface area contributed by atoms with Gasteiger partial charge in [-0.2, -0.15) is 0 Å². The second-order valence-corrected chi connectivity index (χ2v) is 1.53. The van der Waals surface area contributed by atoms with Gasteiger partial charge in [0.1, 0.15) is 0 Å². The molecular weight excluding hydrogens is 78.0 g/mol. The van der Waals surface area contributed by atoms with Crippen LogP contribution in [0.25, 0.3) is 0 Å². The Morgan fingerprint density at radius 3 is 1.83 bits per heavy atom. The van der Waals surface area contributed by atoms with Gasteiger partial charge in [0.2, 0.25) is 0 Å². The molecule has 0 aliphatic heterocycles. The summed E-state index contributed by atoms with van der Waals surface area (Å²) in [6.45, 7) is 6.94. The topological polar surface area (TPSA) is 23.2 Å². The van der Waals surface area contributed by atoms with Crippen LogP contribution in [0.15, 0.2) is 0 Å². The van der Waals surface area contributed by atoms with E-state index in [9.17, 15) is 0 Å². The van der Waals surface area contributed by atoms with Gasteiger partial charge in [-0.3, -0.25) is 5.21 Å². The van der Waals surface area contributed by atoms with Crippen LogP contribution in [0.3, 0.4) is 0 Å². The number of hydroxylamine groups is 1. The van der Waals surface area contributed by atoms with Crippen molar-refractivity contribution in [1.82, 2.24) is 0 Å². The van der Waals surface area contributed by atoms with Crippen LogP contribution in [0.4, 0.5) is 0 Å². The highest BCUT2D eigenvalue weighted by atomic mass is 16.5. The van der Waals surface area contributed by atoms with Crippen LogP contribution in [0, 0.1) is 0 Å². The van der Waals surface area contributed by atoms with Crippen molar-refractivity contribution in [2.24, 2.45) is 0 Å². The first kappa shape index (κ1) is 5.47. The van der Waals surface area contributed by atoms with Gasteiger partial charge in [-0.1, -0.05) is 0 Å².